The van der Waals surface area contributed by atoms with E-state index in [1.165, 1.54) is 23.1 Å². The number of carbonyl (C=O) groups is 1. The van der Waals surface area contributed by atoms with Gasteiger partial charge in [0.1, 0.15) is 5.54 Å². The molecule has 0 spiro atoms. The molecule has 0 saturated carbocycles. The molecule has 3 nitrogen and oxygen atoms in total. The Labute approximate surface area is 126 Å². The van der Waals surface area contributed by atoms with Crippen molar-refractivity contribution in [3.05, 3.63) is 29.3 Å². The van der Waals surface area contributed by atoms with Crippen LogP contribution in [0.1, 0.15) is 31.4 Å². The zero-order chi connectivity index (χ0) is 15.3. The van der Waals surface area contributed by atoms with Gasteiger partial charge in [-0.05, 0) is 57.5 Å². The third-order valence-corrected chi connectivity index (χ3v) is 4.79. The summed E-state index contributed by atoms with van der Waals surface area (Å²) in [5, 5.41) is 3.39. The highest BCUT2D eigenvalue weighted by molar-refractivity contribution is 7.99. The van der Waals surface area contributed by atoms with Gasteiger partial charge in [-0.3, -0.25) is 4.79 Å². The van der Waals surface area contributed by atoms with Crippen molar-refractivity contribution >= 4 is 17.7 Å². The first-order valence-electron chi connectivity index (χ1n) is 6.83. The average molecular weight is 295 g/mol. The van der Waals surface area contributed by atoms with Crippen LogP contribution in [0, 0.1) is 13.8 Å². The van der Waals surface area contributed by atoms with Gasteiger partial charge in [0.05, 0.1) is 7.11 Å². The van der Waals surface area contributed by atoms with Crippen molar-refractivity contribution in [1.29, 1.82) is 0 Å². The van der Waals surface area contributed by atoms with Gasteiger partial charge in [0.25, 0.3) is 0 Å². The lowest BCUT2D eigenvalue weighted by atomic mass is 9.96. The fourth-order valence-corrected chi connectivity index (χ4v) is 3.42. The van der Waals surface area contributed by atoms with Crippen LogP contribution in [0.15, 0.2) is 23.1 Å². The van der Waals surface area contributed by atoms with E-state index in [0.29, 0.717) is 11.7 Å². The SMILES string of the molecule is CNC(C)(CC(C)Sc1ccc(C)c(C)c1)C(=O)OC. The van der Waals surface area contributed by atoms with E-state index in [1.54, 1.807) is 18.8 Å². The molecule has 0 aliphatic rings. The average Bonchev–Trinajstić information content (AvgIpc) is 2.41. The van der Waals surface area contributed by atoms with Gasteiger partial charge in [0, 0.05) is 10.1 Å². The highest BCUT2D eigenvalue weighted by Crippen LogP contribution is 2.30. The van der Waals surface area contributed by atoms with Crippen molar-refractivity contribution < 1.29 is 9.53 Å². The van der Waals surface area contributed by atoms with Crippen LogP contribution in [0.4, 0.5) is 0 Å². The number of ether oxygens (including phenoxy) is 1. The minimum atomic E-state index is -0.638. The summed E-state index contributed by atoms with van der Waals surface area (Å²) < 4.78 is 4.88. The lowest BCUT2D eigenvalue weighted by Crippen LogP contribution is -2.49. The summed E-state index contributed by atoms with van der Waals surface area (Å²) in [6.07, 6.45) is 0.716. The maximum Gasteiger partial charge on any atom is 0.325 e. The molecule has 2 unspecified atom stereocenters. The number of nitrogens with one attached hydrogen (secondary N) is 1. The molecule has 4 heteroatoms. The normalized spacial score (nSPS) is 15.5. The van der Waals surface area contributed by atoms with Crippen LogP contribution in [-0.2, 0) is 9.53 Å². The van der Waals surface area contributed by atoms with Gasteiger partial charge in [-0.25, -0.2) is 0 Å². The minimum absolute atomic E-state index is 0.215. The molecule has 20 heavy (non-hydrogen) atoms. The summed E-state index contributed by atoms with van der Waals surface area (Å²) in [6, 6.07) is 6.48. The molecular formula is C16H25NO2S. The molecule has 1 rings (SSSR count). The largest absolute Gasteiger partial charge is 0.468 e. The predicted molar refractivity (Wildman–Crippen MR) is 85.3 cm³/mol. The van der Waals surface area contributed by atoms with Gasteiger partial charge in [0.2, 0.25) is 0 Å². The smallest absolute Gasteiger partial charge is 0.325 e. The Morgan fingerprint density at radius 3 is 2.55 bits per heavy atom. The van der Waals surface area contributed by atoms with Gasteiger partial charge in [-0.15, -0.1) is 11.8 Å². The summed E-state index contributed by atoms with van der Waals surface area (Å²) in [4.78, 5) is 13.1. The fraction of sp³-hybridized carbons (Fsp3) is 0.562. The Kier molecular flexibility index (Phi) is 6.08. The number of hydrogen-bond donors (Lipinski definition) is 1. The number of likely N-dealkylation sites (N-methyl/N-ethyl adjacent to an activating group) is 1. The van der Waals surface area contributed by atoms with Crippen molar-refractivity contribution in [3.8, 4) is 0 Å². The van der Waals surface area contributed by atoms with E-state index in [1.807, 2.05) is 6.92 Å². The number of thioether (sulfide) groups is 1. The fourth-order valence-electron chi connectivity index (χ4n) is 2.15. The van der Waals surface area contributed by atoms with Crippen LogP contribution in [0.2, 0.25) is 0 Å². The highest BCUT2D eigenvalue weighted by Gasteiger charge is 2.34. The number of rotatable bonds is 6. The quantitative estimate of drug-likeness (QED) is 0.645. The highest BCUT2D eigenvalue weighted by atomic mass is 32.2. The molecule has 0 radical (unpaired) electrons. The van der Waals surface area contributed by atoms with Crippen molar-refractivity contribution in [3.63, 3.8) is 0 Å². The van der Waals surface area contributed by atoms with E-state index in [4.69, 9.17) is 4.74 Å². The monoisotopic (exact) mass is 295 g/mol. The summed E-state index contributed by atoms with van der Waals surface area (Å²) in [5.41, 5.74) is 1.96. The van der Waals surface area contributed by atoms with Gasteiger partial charge in [0.15, 0.2) is 0 Å². The first-order valence-corrected chi connectivity index (χ1v) is 7.71. The second-order valence-electron chi connectivity index (χ2n) is 5.45. The van der Waals surface area contributed by atoms with Crippen molar-refractivity contribution in [2.75, 3.05) is 14.2 Å². The lowest BCUT2D eigenvalue weighted by Gasteiger charge is -2.28. The van der Waals surface area contributed by atoms with Crippen LogP contribution in [0.5, 0.6) is 0 Å². The van der Waals surface area contributed by atoms with Crippen molar-refractivity contribution in [1.82, 2.24) is 5.32 Å². The number of methoxy groups -OCH3 is 1. The first kappa shape index (κ1) is 17.1. The lowest BCUT2D eigenvalue weighted by molar-refractivity contribution is -0.147. The third-order valence-electron chi connectivity index (χ3n) is 3.70. The molecule has 0 aromatic heterocycles. The molecule has 0 bridgehead atoms. The zero-order valence-corrected chi connectivity index (χ0v) is 14.1. The van der Waals surface area contributed by atoms with Gasteiger partial charge in [-0.1, -0.05) is 13.0 Å². The van der Waals surface area contributed by atoms with Gasteiger partial charge < -0.3 is 10.1 Å². The predicted octanol–water partition coefficient (Wildman–Crippen LogP) is 3.33. The number of esters is 1. The third kappa shape index (κ3) is 4.25. The van der Waals surface area contributed by atoms with Crippen molar-refractivity contribution in [2.45, 2.75) is 49.8 Å². The topological polar surface area (TPSA) is 38.3 Å². The minimum Gasteiger partial charge on any atom is -0.468 e. The molecule has 0 aliphatic heterocycles. The Morgan fingerprint density at radius 2 is 2.05 bits per heavy atom. The molecular weight excluding hydrogens is 270 g/mol. The molecule has 0 heterocycles. The molecule has 0 saturated heterocycles. The van der Waals surface area contributed by atoms with Crippen LogP contribution >= 0.6 is 11.8 Å². The number of carbonyl (C=O) groups excluding carboxylic acids is 1. The maximum atomic E-state index is 11.9. The number of hydrogen-bond acceptors (Lipinski definition) is 4. The number of aryl methyl sites for hydroxylation is 2. The molecule has 2 atom stereocenters. The zero-order valence-electron chi connectivity index (χ0n) is 13.2. The van der Waals surface area contributed by atoms with Crippen LogP contribution in [0.3, 0.4) is 0 Å². The van der Waals surface area contributed by atoms with E-state index in [9.17, 15) is 4.79 Å². The molecule has 0 fully saturated rings. The Bertz CT molecular complexity index is 476. The second-order valence-corrected chi connectivity index (χ2v) is 6.96. The Hall–Kier alpha value is -1.00. The van der Waals surface area contributed by atoms with E-state index < -0.39 is 5.54 Å². The summed E-state index contributed by atoms with van der Waals surface area (Å²) in [6.45, 7) is 8.26. The number of benzene rings is 1. The molecule has 1 N–H and O–H groups in total. The van der Waals surface area contributed by atoms with Crippen LogP contribution in [0.25, 0.3) is 0 Å². The molecule has 112 valence electrons. The molecule has 1 aromatic carbocycles. The summed E-state index contributed by atoms with van der Waals surface area (Å²) in [5.74, 6) is -0.215. The summed E-state index contributed by atoms with van der Waals surface area (Å²) in [7, 11) is 3.23. The van der Waals surface area contributed by atoms with E-state index >= 15 is 0 Å². The molecule has 0 amide bonds. The second kappa shape index (κ2) is 7.14. The van der Waals surface area contributed by atoms with Crippen LogP contribution < -0.4 is 5.32 Å². The van der Waals surface area contributed by atoms with Gasteiger partial charge in [-0.2, -0.15) is 0 Å². The van der Waals surface area contributed by atoms with E-state index in [0.717, 1.165) is 0 Å². The van der Waals surface area contributed by atoms with Gasteiger partial charge >= 0.3 is 5.97 Å². The maximum absolute atomic E-state index is 11.9. The Balaban J connectivity index is 2.73. The molecule has 1 aromatic rings. The standard InChI is InChI=1S/C16H25NO2S/c1-11-7-8-14(9-12(11)2)20-13(3)10-16(4,17-5)15(18)19-6/h7-9,13,17H,10H2,1-6H3. The Morgan fingerprint density at radius 1 is 1.40 bits per heavy atom. The summed E-state index contributed by atoms with van der Waals surface area (Å²) >= 11 is 1.79. The van der Waals surface area contributed by atoms with E-state index in [-0.39, 0.29) is 5.97 Å². The van der Waals surface area contributed by atoms with E-state index in [2.05, 4.69) is 44.3 Å². The first-order chi connectivity index (χ1) is 9.32. The molecule has 0 aliphatic carbocycles. The van der Waals surface area contributed by atoms with Crippen LogP contribution in [-0.4, -0.2) is 30.9 Å². The van der Waals surface area contributed by atoms with Crippen molar-refractivity contribution in [2.24, 2.45) is 0 Å².